The summed E-state index contributed by atoms with van der Waals surface area (Å²) in [7, 11) is 0. The summed E-state index contributed by atoms with van der Waals surface area (Å²) in [6.07, 6.45) is -0.205. The summed E-state index contributed by atoms with van der Waals surface area (Å²) in [6, 6.07) is 5.90. The van der Waals surface area contributed by atoms with Crippen LogP contribution in [0.1, 0.15) is 38.3 Å². The number of carbonyl (C=O) groups is 2. The van der Waals surface area contributed by atoms with E-state index in [1.165, 1.54) is 0 Å². The Hall–Kier alpha value is -2.04. The van der Waals surface area contributed by atoms with Gasteiger partial charge >= 0.3 is 0 Å². The highest BCUT2D eigenvalue weighted by molar-refractivity contribution is 5.78. The number of hydrogen-bond acceptors (Lipinski definition) is 4. The highest BCUT2D eigenvalue weighted by atomic mass is 16.5. The first-order chi connectivity index (χ1) is 9.70. The molecule has 5 nitrogen and oxygen atoms in total. The standard InChI is InChI=1S/C16H23NO4/c1-11-5-6-12(16(2,3)4)13(9-11)21-10-14(18)17-8-7-15(19)20/h5-6,9H,7-8,10H2,1-4H3,(H,17,18)(H,19,20)/p-1. The normalized spacial score (nSPS) is 11.0. The van der Waals surface area contributed by atoms with Crippen LogP contribution in [0.25, 0.3) is 0 Å². The van der Waals surface area contributed by atoms with E-state index in [-0.39, 0.29) is 30.9 Å². The fourth-order valence-corrected chi connectivity index (χ4v) is 1.87. The smallest absolute Gasteiger partial charge is 0.257 e. The number of rotatable bonds is 6. The highest BCUT2D eigenvalue weighted by Gasteiger charge is 2.19. The molecule has 0 heterocycles. The molecule has 0 aliphatic carbocycles. The van der Waals surface area contributed by atoms with Crippen molar-refractivity contribution in [3.8, 4) is 5.75 Å². The molecule has 0 atom stereocenters. The fraction of sp³-hybridized carbons (Fsp3) is 0.500. The predicted molar refractivity (Wildman–Crippen MR) is 78.0 cm³/mol. The second-order valence-corrected chi connectivity index (χ2v) is 6.01. The topological polar surface area (TPSA) is 78.5 Å². The summed E-state index contributed by atoms with van der Waals surface area (Å²) in [5.74, 6) is -0.861. The third-order valence-electron chi connectivity index (χ3n) is 2.96. The average molecular weight is 292 g/mol. The van der Waals surface area contributed by atoms with Gasteiger partial charge in [-0.25, -0.2) is 0 Å². The summed E-state index contributed by atoms with van der Waals surface area (Å²) in [4.78, 5) is 21.9. The molecule has 1 aromatic rings. The minimum atomic E-state index is -1.19. The molecule has 0 aromatic heterocycles. The molecule has 1 N–H and O–H groups in total. The van der Waals surface area contributed by atoms with Gasteiger partial charge < -0.3 is 20.0 Å². The van der Waals surface area contributed by atoms with Gasteiger partial charge in [0.25, 0.3) is 5.91 Å². The summed E-state index contributed by atoms with van der Waals surface area (Å²) >= 11 is 0. The van der Waals surface area contributed by atoms with Gasteiger partial charge in [-0.1, -0.05) is 32.9 Å². The van der Waals surface area contributed by atoms with Crippen molar-refractivity contribution in [1.82, 2.24) is 5.32 Å². The Balaban J connectivity index is 2.64. The SMILES string of the molecule is Cc1ccc(C(C)(C)C)c(OCC(=O)NCCC(=O)[O-])c1. The number of aryl methyl sites for hydroxylation is 1. The van der Waals surface area contributed by atoms with Crippen LogP contribution < -0.4 is 15.2 Å². The van der Waals surface area contributed by atoms with Crippen LogP contribution in [0.3, 0.4) is 0 Å². The van der Waals surface area contributed by atoms with Gasteiger partial charge in [-0.2, -0.15) is 0 Å². The highest BCUT2D eigenvalue weighted by Crippen LogP contribution is 2.31. The molecule has 116 valence electrons. The Bertz CT molecular complexity index is 517. The minimum Gasteiger partial charge on any atom is -0.550 e. The van der Waals surface area contributed by atoms with Gasteiger partial charge in [-0.3, -0.25) is 4.79 Å². The zero-order valence-corrected chi connectivity index (χ0v) is 13.0. The van der Waals surface area contributed by atoms with Crippen LogP contribution in [0.5, 0.6) is 5.75 Å². The number of carboxylic acid groups (broad SMARTS) is 1. The molecule has 0 bridgehead atoms. The summed E-state index contributed by atoms with van der Waals surface area (Å²) in [5.41, 5.74) is 1.99. The van der Waals surface area contributed by atoms with E-state index in [1.807, 2.05) is 25.1 Å². The quantitative estimate of drug-likeness (QED) is 0.846. The zero-order valence-electron chi connectivity index (χ0n) is 13.0. The monoisotopic (exact) mass is 292 g/mol. The van der Waals surface area contributed by atoms with Crippen LogP contribution >= 0.6 is 0 Å². The average Bonchev–Trinajstić information content (AvgIpc) is 2.34. The predicted octanol–water partition coefficient (Wildman–Crippen LogP) is 0.928. The lowest BCUT2D eigenvalue weighted by molar-refractivity contribution is -0.305. The first-order valence-electron chi connectivity index (χ1n) is 6.90. The van der Waals surface area contributed by atoms with Crippen molar-refractivity contribution < 1.29 is 19.4 Å². The number of benzene rings is 1. The van der Waals surface area contributed by atoms with Crippen LogP contribution in [-0.4, -0.2) is 25.0 Å². The largest absolute Gasteiger partial charge is 0.550 e. The molecule has 0 fully saturated rings. The van der Waals surface area contributed by atoms with E-state index in [1.54, 1.807) is 0 Å². The Kier molecular flexibility index (Phi) is 5.76. The maximum atomic E-state index is 11.6. The van der Waals surface area contributed by atoms with Gasteiger partial charge in [0.05, 0.1) is 0 Å². The molecule has 0 unspecified atom stereocenters. The lowest BCUT2D eigenvalue weighted by Crippen LogP contribution is -2.33. The second kappa shape index (κ2) is 7.11. The van der Waals surface area contributed by atoms with Crippen molar-refractivity contribution in [2.45, 2.75) is 39.5 Å². The number of amides is 1. The molecule has 0 saturated heterocycles. The lowest BCUT2D eigenvalue weighted by Gasteiger charge is -2.23. The van der Waals surface area contributed by atoms with Crippen LogP contribution in [0, 0.1) is 6.92 Å². The number of carboxylic acids is 1. The molecule has 5 heteroatoms. The molecular formula is C16H22NO4-. The number of nitrogens with one attached hydrogen (secondary N) is 1. The first-order valence-corrected chi connectivity index (χ1v) is 6.90. The van der Waals surface area contributed by atoms with Gasteiger partial charge in [0.15, 0.2) is 6.61 Å². The van der Waals surface area contributed by atoms with Crippen LogP contribution in [-0.2, 0) is 15.0 Å². The van der Waals surface area contributed by atoms with Gasteiger partial charge in [-0.05, 0) is 29.5 Å². The lowest BCUT2D eigenvalue weighted by atomic mass is 9.86. The van der Waals surface area contributed by atoms with Gasteiger partial charge in [-0.15, -0.1) is 0 Å². The zero-order chi connectivity index (χ0) is 16.0. The van der Waals surface area contributed by atoms with Gasteiger partial charge in [0, 0.05) is 18.9 Å². The molecular weight excluding hydrogens is 270 g/mol. The number of aliphatic carboxylic acids is 1. The van der Waals surface area contributed by atoms with Crippen molar-refractivity contribution in [1.29, 1.82) is 0 Å². The molecule has 0 spiro atoms. The number of ether oxygens (including phenoxy) is 1. The molecule has 0 aliphatic rings. The maximum absolute atomic E-state index is 11.6. The van der Waals surface area contributed by atoms with Gasteiger partial charge in [0.1, 0.15) is 5.75 Å². The number of carbonyl (C=O) groups excluding carboxylic acids is 2. The Labute approximate surface area is 125 Å². The van der Waals surface area contributed by atoms with Crippen LogP contribution in [0.4, 0.5) is 0 Å². The van der Waals surface area contributed by atoms with Gasteiger partial charge in [0.2, 0.25) is 0 Å². The molecule has 1 amide bonds. The number of hydrogen-bond donors (Lipinski definition) is 1. The molecule has 1 aromatic carbocycles. The summed E-state index contributed by atoms with van der Waals surface area (Å²) < 4.78 is 5.59. The molecule has 0 saturated carbocycles. The third kappa shape index (κ3) is 5.85. The van der Waals surface area contributed by atoms with E-state index in [9.17, 15) is 14.7 Å². The first kappa shape index (κ1) is 17.0. The molecule has 0 radical (unpaired) electrons. The molecule has 1 rings (SSSR count). The fourth-order valence-electron chi connectivity index (χ4n) is 1.87. The van der Waals surface area contributed by atoms with E-state index in [2.05, 4.69) is 26.1 Å². The Morgan fingerprint density at radius 1 is 1.29 bits per heavy atom. The third-order valence-corrected chi connectivity index (χ3v) is 2.96. The second-order valence-electron chi connectivity index (χ2n) is 6.01. The van der Waals surface area contributed by atoms with Crippen molar-refractivity contribution in [2.24, 2.45) is 0 Å². The van der Waals surface area contributed by atoms with E-state index >= 15 is 0 Å². The van der Waals surface area contributed by atoms with Crippen LogP contribution in [0.2, 0.25) is 0 Å². The molecule has 0 aliphatic heterocycles. The molecule has 21 heavy (non-hydrogen) atoms. The summed E-state index contributed by atoms with van der Waals surface area (Å²) in [5, 5.41) is 12.7. The van der Waals surface area contributed by atoms with Crippen molar-refractivity contribution in [2.75, 3.05) is 13.2 Å². The van der Waals surface area contributed by atoms with E-state index in [4.69, 9.17) is 4.74 Å². The van der Waals surface area contributed by atoms with Crippen molar-refractivity contribution in [3.63, 3.8) is 0 Å². The Morgan fingerprint density at radius 3 is 2.52 bits per heavy atom. The van der Waals surface area contributed by atoms with E-state index in [0.29, 0.717) is 5.75 Å². The van der Waals surface area contributed by atoms with E-state index in [0.717, 1.165) is 11.1 Å². The minimum absolute atomic E-state index is 0.0461. The van der Waals surface area contributed by atoms with Crippen LogP contribution in [0.15, 0.2) is 18.2 Å². The van der Waals surface area contributed by atoms with Crippen molar-refractivity contribution >= 4 is 11.9 Å². The van der Waals surface area contributed by atoms with Crippen molar-refractivity contribution in [3.05, 3.63) is 29.3 Å². The van der Waals surface area contributed by atoms with E-state index < -0.39 is 5.97 Å². The Morgan fingerprint density at radius 2 is 1.95 bits per heavy atom. The maximum Gasteiger partial charge on any atom is 0.257 e. The summed E-state index contributed by atoms with van der Waals surface area (Å²) in [6.45, 7) is 8.09.